The first-order valence-corrected chi connectivity index (χ1v) is 21.2. The van der Waals surface area contributed by atoms with Crippen LogP contribution in [-0.4, -0.2) is 28.4 Å². The van der Waals surface area contributed by atoms with Gasteiger partial charge in [0.05, 0.1) is 34.2 Å². The Morgan fingerprint density at radius 1 is 0.565 bits per heavy atom. The average molecular weight is 800 g/mol. The molecule has 4 aliphatic rings. The van der Waals surface area contributed by atoms with Gasteiger partial charge >= 0.3 is 0 Å². The van der Waals surface area contributed by atoms with Gasteiger partial charge in [0.1, 0.15) is 18.2 Å². The fraction of sp³-hybridized carbons (Fsp3) is 0.0727. The number of amidine groups is 1. The molecule has 0 amide bonds. The first kappa shape index (κ1) is 36.0. The minimum atomic E-state index is -0.240. The summed E-state index contributed by atoms with van der Waals surface area (Å²) in [6.07, 6.45) is 15.1. The molecule has 0 bridgehead atoms. The van der Waals surface area contributed by atoms with Crippen LogP contribution in [0.4, 0.5) is 5.69 Å². The van der Waals surface area contributed by atoms with Gasteiger partial charge in [0, 0.05) is 34.1 Å². The van der Waals surface area contributed by atoms with Crippen LogP contribution < -0.4 is 21.3 Å². The van der Waals surface area contributed by atoms with Crippen molar-refractivity contribution in [2.45, 2.75) is 18.4 Å². The Morgan fingerprint density at radius 2 is 1.32 bits per heavy atom. The molecule has 12 rings (SSSR count). The first-order chi connectivity index (χ1) is 30.6. The van der Waals surface area contributed by atoms with Crippen molar-refractivity contribution in [3.05, 3.63) is 227 Å². The molecule has 0 radical (unpaired) electrons. The Labute approximate surface area is 359 Å². The lowest BCUT2D eigenvalue weighted by molar-refractivity contribution is 0.402. The van der Waals surface area contributed by atoms with Gasteiger partial charge in [0.15, 0.2) is 0 Å². The zero-order valence-corrected chi connectivity index (χ0v) is 33.8. The third kappa shape index (κ3) is 6.65. The maximum Gasteiger partial charge on any atom is 0.131 e. The molecule has 3 aliphatic heterocycles. The standard InChI is InChI=1S/C55H41N7/c1-3-8-38(9-4-1)53-60-54(39-10-5-2-6-11-39)62-55(61-53)48-28-24-35-14-21-45(33-50(35)58-48)46-26-23-34-13-17-43(32-49(34)57-46)41-18-19-42-31-44(22-20-40(42)30-41)47-27-25-37-16-15-36-12-7-29-56-51(36)52(37)59-47/h1-28,30-33,49,53,55-57,61H,29H2,(H,60,62). The number of dihydropyridines is 1. The first-order valence-electron chi connectivity index (χ1n) is 21.2. The maximum atomic E-state index is 5.24. The van der Waals surface area contributed by atoms with E-state index in [-0.39, 0.29) is 18.4 Å². The third-order valence-corrected chi connectivity index (χ3v) is 12.3. The van der Waals surface area contributed by atoms with Crippen molar-refractivity contribution >= 4 is 61.4 Å². The molecular weight excluding hydrogens is 759 g/mol. The van der Waals surface area contributed by atoms with Crippen molar-refractivity contribution in [2.24, 2.45) is 4.99 Å². The molecule has 7 nitrogen and oxygen atoms in total. The van der Waals surface area contributed by atoms with Crippen LogP contribution in [0.25, 0.3) is 61.2 Å². The molecule has 8 aromatic rings. The zero-order chi connectivity index (χ0) is 41.0. The molecule has 2 aromatic heterocycles. The monoisotopic (exact) mass is 799 g/mol. The van der Waals surface area contributed by atoms with Gasteiger partial charge in [-0.1, -0.05) is 158 Å². The van der Waals surface area contributed by atoms with Crippen LogP contribution in [-0.2, 0) is 0 Å². The third-order valence-electron chi connectivity index (χ3n) is 12.3. The second-order valence-corrected chi connectivity index (χ2v) is 16.2. The summed E-state index contributed by atoms with van der Waals surface area (Å²) >= 11 is 0. The maximum absolute atomic E-state index is 5.24. The molecule has 3 unspecified atom stereocenters. The number of aromatic nitrogens is 2. The van der Waals surface area contributed by atoms with Gasteiger partial charge in [-0.2, -0.15) is 0 Å². The van der Waals surface area contributed by atoms with Crippen LogP contribution in [0, 0.1) is 0 Å². The van der Waals surface area contributed by atoms with E-state index in [0.717, 1.165) is 79.2 Å². The topological polar surface area (TPSA) is 86.3 Å². The summed E-state index contributed by atoms with van der Waals surface area (Å²) < 4.78 is 0. The minimum absolute atomic E-state index is 0.0408. The van der Waals surface area contributed by atoms with Crippen molar-refractivity contribution in [3.8, 4) is 11.3 Å². The summed E-state index contributed by atoms with van der Waals surface area (Å²) in [4.78, 5) is 15.4. The van der Waals surface area contributed by atoms with Gasteiger partial charge in [-0.05, 0) is 80.6 Å². The fourth-order valence-corrected chi connectivity index (χ4v) is 9.01. The van der Waals surface area contributed by atoms with E-state index in [1.165, 1.54) is 33.0 Å². The lowest BCUT2D eigenvalue weighted by Gasteiger charge is -2.31. The summed E-state index contributed by atoms with van der Waals surface area (Å²) in [7, 11) is 0. The van der Waals surface area contributed by atoms with Crippen molar-refractivity contribution in [2.75, 3.05) is 11.9 Å². The number of hydrogen-bond donors (Lipinski definition) is 4. The number of benzene rings is 6. The van der Waals surface area contributed by atoms with Gasteiger partial charge in [0.2, 0.25) is 0 Å². The number of anilines is 1. The van der Waals surface area contributed by atoms with Crippen LogP contribution in [0.15, 0.2) is 199 Å². The quantitative estimate of drug-likeness (QED) is 0.134. The molecule has 4 N–H and O–H groups in total. The Kier molecular flexibility index (Phi) is 8.71. The summed E-state index contributed by atoms with van der Waals surface area (Å²) in [6, 6.07) is 53.5. The molecule has 0 saturated heterocycles. The highest BCUT2D eigenvalue weighted by Gasteiger charge is 2.27. The highest BCUT2D eigenvalue weighted by Crippen LogP contribution is 2.35. The molecule has 62 heavy (non-hydrogen) atoms. The second-order valence-electron chi connectivity index (χ2n) is 16.2. The van der Waals surface area contributed by atoms with E-state index in [9.17, 15) is 0 Å². The van der Waals surface area contributed by atoms with E-state index in [2.05, 4.69) is 191 Å². The van der Waals surface area contributed by atoms with Crippen LogP contribution >= 0.6 is 0 Å². The smallest absolute Gasteiger partial charge is 0.131 e. The summed E-state index contributed by atoms with van der Waals surface area (Å²) in [5.74, 6) is 0.841. The lowest BCUT2D eigenvalue weighted by Crippen LogP contribution is -2.45. The largest absolute Gasteiger partial charge is 0.379 e. The van der Waals surface area contributed by atoms with E-state index in [1.807, 2.05) is 24.3 Å². The van der Waals surface area contributed by atoms with Gasteiger partial charge in [0.25, 0.3) is 0 Å². The van der Waals surface area contributed by atoms with Crippen molar-refractivity contribution in [1.29, 1.82) is 0 Å². The van der Waals surface area contributed by atoms with E-state index in [4.69, 9.17) is 15.0 Å². The van der Waals surface area contributed by atoms with Crippen LogP contribution in [0.5, 0.6) is 0 Å². The second kappa shape index (κ2) is 15.0. The number of allylic oxidation sites excluding steroid dienone is 4. The lowest BCUT2D eigenvalue weighted by atomic mass is 9.89. The molecule has 0 fully saturated rings. The molecule has 3 atom stereocenters. The summed E-state index contributed by atoms with van der Waals surface area (Å²) in [5, 5.41) is 19.3. The van der Waals surface area contributed by atoms with Crippen LogP contribution in [0.2, 0.25) is 0 Å². The molecule has 0 saturated carbocycles. The summed E-state index contributed by atoms with van der Waals surface area (Å²) in [5.41, 5.74) is 15.2. The van der Waals surface area contributed by atoms with Crippen molar-refractivity contribution in [3.63, 3.8) is 0 Å². The number of rotatable bonds is 6. The minimum Gasteiger partial charge on any atom is -0.379 e. The highest BCUT2D eigenvalue weighted by molar-refractivity contribution is 6.00. The molecule has 5 heterocycles. The number of fused-ring (bicyclic) bond motifs is 6. The van der Waals surface area contributed by atoms with Crippen molar-refractivity contribution < 1.29 is 0 Å². The van der Waals surface area contributed by atoms with Gasteiger partial charge in [-0.25, -0.2) is 15.0 Å². The number of nitrogens with one attached hydrogen (secondary N) is 4. The number of pyridine rings is 2. The van der Waals surface area contributed by atoms with E-state index in [0.29, 0.717) is 0 Å². The molecule has 6 aromatic carbocycles. The van der Waals surface area contributed by atoms with Crippen molar-refractivity contribution in [1.82, 2.24) is 25.9 Å². The molecular formula is C55H41N7. The fourth-order valence-electron chi connectivity index (χ4n) is 9.01. The van der Waals surface area contributed by atoms with Crippen LogP contribution in [0.1, 0.15) is 45.8 Å². The normalized spacial score (nSPS) is 19.0. The van der Waals surface area contributed by atoms with Gasteiger partial charge < -0.3 is 16.0 Å². The Balaban J connectivity index is 0.792. The summed E-state index contributed by atoms with van der Waals surface area (Å²) in [6.45, 7) is 0.818. The SMILES string of the molecule is C1=Cc2ccc3ccc(-c4ccc5cc(C6=CC7NC(c8ccc9ccc(C%10NC(c%11ccccc%11)=NC(c%11ccccc%11)N%10)nc9c8)=CC=C7C=C6)ccc5c4)nc3c2NC1. The van der Waals surface area contributed by atoms with Gasteiger partial charge in [-0.3, -0.25) is 5.32 Å². The Morgan fingerprint density at radius 3 is 2.21 bits per heavy atom. The van der Waals surface area contributed by atoms with Crippen LogP contribution in [0.3, 0.4) is 0 Å². The van der Waals surface area contributed by atoms with E-state index < -0.39 is 0 Å². The number of aliphatic imine (C=N–C) groups is 1. The Hall–Kier alpha value is -7.87. The predicted molar refractivity (Wildman–Crippen MR) is 255 cm³/mol. The van der Waals surface area contributed by atoms with Gasteiger partial charge in [-0.15, -0.1) is 0 Å². The molecule has 0 spiro atoms. The number of nitrogens with zero attached hydrogens (tertiary/aromatic N) is 3. The molecule has 1 aliphatic carbocycles. The molecule has 296 valence electrons. The highest BCUT2D eigenvalue weighted by atomic mass is 15.3. The van der Waals surface area contributed by atoms with E-state index >= 15 is 0 Å². The predicted octanol–water partition coefficient (Wildman–Crippen LogP) is 11.3. The van der Waals surface area contributed by atoms with E-state index in [1.54, 1.807) is 0 Å². The number of hydrogen-bond acceptors (Lipinski definition) is 7. The molecule has 7 heteroatoms. The Bertz CT molecular complexity index is 3290. The zero-order valence-electron chi connectivity index (χ0n) is 33.8. The average Bonchev–Trinajstić information content (AvgIpc) is 3.35.